The number of pyridine rings is 1. The molecule has 5 amide bonds. The van der Waals surface area contributed by atoms with E-state index in [9.17, 15) is 24.3 Å². The third-order valence-electron chi connectivity index (χ3n) is 9.31. The van der Waals surface area contributed by atoms with Gasteiger partial charge in [-0.1, -0.05) is 93.6 Å². The highest BCUT2D eigenvalue weighted by Crippen LogP contribution is 2.38. The number of nitrogens with one attached hydrogen (secondary N) is 4. The number of benzene rings is 2. The van der Waals surface area contributed by atoms with Crippen LogP contribution in [-0.2, 0) is 16.0 Å². The van der Waals surface area contributed by atoms with Crippen molar-refractivity contribution < 1.29 is 24.3 Å². The molecule has 1 aliphatic carbocycles. The Morgan fingerprint density at radius 3 is 2.38 bits per heavy atom. The molecule has 12 nitrogen and oxygen atoms in total. The van der Waals surface area contributed by atoms with Crippen LogP contribution in [0.2, 0.25) is 0 Å². The van der Waals surface area contributed by atoms with Crippen molar-refractivity contribution in [1.29, 1.82) is 0 Å². The standard InChI is InChI=1S/C36H49N7O5/c1-36(23-39-35(48)43-38,22-25-12-6-3-7-13-25)19-18-31(44)29(20-24-10-4-2-5-11-24)41-34(47)30(21-32(37)45)42-33(46)28-17-16-26-14-8-9-15-27(26)40-28/h2,4-5,8-11,14-17,25,29-31,44H,3,6-7,12-13,18-23,38H2,1H3,(H2,37,45)(H,41,47)(H,42,46)(H2,39,43,48)/t29?,30-,31?,36?/m0/s1. The predicted octanol–water partition coefficient (Wildman–Crippen LogP) is 3.23. The van der Waals surface area contributed by atoms with Crippen LogP contribution in [0.5, 0.6) is 0 Å². The van der Waals surface area contributed by atoms with Gasteiger partial charge in [0.15, 0.2) is 0 Å². The fourth-order valence-electron chi connectivity index (χ4n) is 6.66. The molecule has 4 atom stereocenters. The maximum Gasteiger partial charge on any atom is 0.328 e. The summed E-state index contributed by atoms with van der Waals surface area (Å²) in [5, 5.41) is 20.8. The molecule has 0 radical (unpaired) electrons. The molecule has 48 heavy (non-hydrogen) atoms. The van der Waals surface area contributed by atoms with Crippen LogP contribution in [0.4, 0.5) is 4.79 Å². The molecule has 1 aromatic heterocycles. The Kier molecular flexibility index (Phi) is 13.3. The zero-order valence-electron chi connectivity index (χ0n) is 27.6. The van der Waals surface area contributed by atoms with E-state index in [0.29, 0.717) is 37.2 Å². The number of aliphatic hydroxyl groups excluding tert-OH is 1. The molecule has 1 heterocycles. The average Bonchev–Trinajstić information content (AvgIpc) is 3.09. The smallest absolute Gasteiger partial charge is 0.328 e. The van der Waals surface area contributed by atoms with Gasteiger partial charge in [-0.3, -0.25) is 19.8 Å². The second-order valence-electron chi connectivity index (χ2n) is 13.3. The van der Waals surface area contributed by atoms with Crippen LogP contribution in [0.25, 0.3) is 10.9 Å². The highest BCUT2D eigenvalue weighted by Gasteiger charge is 2.33. The van der Waals surface area contributed by atoms with Crippen LogP contribution >= 0.6 is 0 Å². The molecule has 1 saturated carbocycles. The number of urea groups is 1. The Morgan fingerprint density at radius 1 is 0.958 bits per heavy atom. The quantitative estimate of drug-likeness (QED) is 0.0695. The molecule has 4 rings (SSSR count). The van der Waals surface area contributed by atoms with E-state index < -0.39 is 48.4 Å². The number of hydrogen-bond donors (Lipinski definition) is 7. The largest absolute Gasteiger partial charge is 0.391 e. The number of hydrazine groups is 1. The third-order valence-corrected chi connectivity index (χ3v) is 9.31. The lowest BCUT2D eigenvalue weighted by Gasteiger charge is -2.36. The third kappa shape index (κ3) is 11.0. The zero-order valence-corrected chi connectivity index (χ0v) is 27.6. The maximum atomic E-state index is 13.7. The van der Waals surface area contributed by atoms with Crippen molar-refractivity contribution in [3.63, 3.8) is 0 Å². The first-order chi connectivity index (χ1) is 23.0. The van der Waals surface area contributed by atoms with Crippen molar-refractivity contribution in [2.45, 2.75) is 89.3 Å². The summed E-state index contributed by atoms with van der Waals surface area (Å²) >= 11 is 0. The van der Waals surface area contributed by atoms with Crippen LogP contribution in [0, 0.1) is 11.3 Å². The number of amides is 5. The Balaban J connectivity index is 1.49. The summed E-state index contributed by atoms with van der Waals surface area (Å²) in [7, 11) is 0. The summed E-state index contributed by atoms with van der Waals surface area (Å²) in [4.78, 5) is 55.3. The Labute approximate surface area is 281 Å². The van der Waals surface area contributed by atoms with Crippen molar-refractivity contribution in [2.24, 2.45) is 22.9 Å². The minimum absolute atomic E-state index is 0.0889. The van der Waals surface area contributed by atoms with Crippen molar-refractivity contribution in [3.05, 3.63) is 78.0 Å². The molecule has 0 spiro atoms. The molecule has 1 aliphatic rings. The number of carbonyl (C=O) groups is 4. The molecular formula is C36H49N7O5. The Morgan fingerprint density at radius 2 is 1.67 bits per heavy atom. The average molecular weight is 660 g/mol. The van der Waals surface area contributed by atoms with Gasteiger partial charge in [-0.25, -0.2) is 15.6 Å². The second kappa shape index (κ2) is 17.6. The Bertz CT molecular complexity index is 1530. The van der Waals surface area contributed by atoms with Crippen molar-refractivity contribution >= 4 is 34.7 Å². The van der Waals surface area contributed by atoms with Crippen LogP contribution < -0.4 is 33.0 Å². The van der Waals surface area contributed by atoms with Gasteiger partial charge in [0.05, 0.1) is 24.1 Å². The van der Waals surface area contributed by atoms with Gasteiger partial charge in [0.1, 0.15) is 11.7 Å². The molecule has 9 N–H and O–H groups in total. The predicted molar refractivity (Wildman–Crippen MR) is 184 cm³/mol. The van der Waals surface area contributed by atoms with Crippen LogP contribution in [0.1, 0.15) is 80.8 Å². The number of aliphatic hydroxyl groups is 1. The Hall–Kier alpha value is -4.55. The van der Waals surface area contributed by atoms with E-state index in [2.05, 4.69) is 33.3 Å². The molecule has 3 unspecified atom stereocenters. The fourth-order valence-corrected chi connectivity index (χ4v) is 6.66. The molecule has 2 aromatic carbocycles. The van der Waals surface area contributed by atoms with E-state index in [1.54, 1.807) is 18.2 Å². The number of hydrogen-bond acceptors (Lipinski definition) is 7. The molecular weight excluding hydrogens is 610 g/mol. The monoisotopic (exact) mass is 659 g/mol. The highest BCUT2D eigenvalue weighted by atomic mass is 16.3. The van der Waals surface area contributed by atoms with Gasteiger partial charge >= 0.3 is 6.03 Å². The molecule has 3 aromatic rings. The number of aromatic nitrogens is 1. The molecule has 12 heteroatoms. The van der Waals surface area contributed by atoms with Gasteiger partial charge in [-0.15, -0.1) is 0 Å². The number of fused-ring (bicyclic) bond motifs is 1. The summed E-state index contributed by atoms with van der Waals surface area (Å²) < 4.78 is 0. The van der Waals surface area contributed by atoms with E-state index in [1.165, 1.54) is 19.3 Å². The zero-order chi connectivity index (χ0) is 34.5. The lowest BCUT2D eigenvalue weighted by Crippen LogP contribution is -2.54. The first kappa shape index (κ1) is 36.3. The first-order valence-electron chi connectivity index (χ1n) is 16.8. The molecule has 1 fully saturated rings. The molecule has 0 bridgehead atoms. The second-order valence-corrected chi connectivity index (χ2v) is 13.3. The van der Waals surface area contributed by atoms with Gasteiger partial charge in [0.2, 0.25) is 11.8 Å². The first-order valence-corrected chi connectivity index (χ1v) is 16.8. The number of nitrogens with zero attached hydrogens (tertiary/aromatic N) is 1. The lowest BCUT2D eigenvalue weighted by molar-refractivity contribution is -0.128. The number of nitrogens with two attached hydrogens (primary N) is 2. The normalized spacial score (nSPS) is 16.6. The van der Waals surface area contributed by atoms with E-state index in [1.807, 2.05) is 48.5 Å². The summed E-state index contributed by atoms with van der Waals surface area (Å²) in [6.45, 7) is 2.49. The summed E-state index contributed by atoms with van der Waals surface area (Å²) in [6, 6.07) is 17.6. The van der Waals surface area contributed by atoms with Crippen LogP contribution in [0.15, 0.2) is 66.7 Å². The van der Waals surface area contributed by atoms with E-state index in [4.69, 9.17) is 11.6 Å². The van der Waals surface area contributed by atoms with Gasteiger partial charge in [-0.2, -0.15) is 0 Å². The van der Waals surface area contributed by atoms with Gasteiger partial charge in [0, 0.05) is 11.9 Å². The van der Waals surface area contributed by atoms with Crippen LogP contribution in [-0.4, -0.2) is 58.6 Å². The van der Waals surface area contributed by atoms with E-state index in [-0.39, 0.29) is 11.1 Å². The molecule has 258 valence electrons. The minimum atomic E-state index is -1.29. The minimum Gasteiger partial charge on any atom is -0.391 e. The summed E-state index contributed by atoms with van der Waals surface area (Å²) in [5.74, 6) is 3.79. The van der Waals surface area contributed by atoms with Gasteiger partial charge in [-0.05, 0) is 54.7 Å². The summed E-state index contributed by atoms with van der Waals surface area (Å²) in [5.41, 5.74) is 8.87. The van der Waals surface area contributed by atoms with Crippen molar-refractivity contribution in [3.8, 4) is 0 Å². The number of carbonyl (C=O) groups excluding carboxylic acids is 4. The topological polar surface area (TPSA) is 202 Å². The van der Waals surface area contributed by atoms with E-state index in [0.717, 1.165) is 30.2 Å². The van der Waals surface area contributed by atoms with Crippen molar-refractivity contribution in [2.75, 3.05) is 6.54 Å². The van der Waals surface area contributed by atoms with Gasteiger partial charge < -0.3 is 26.8 Å². The SMILES string of the molecule is CC(CCC(O)C(Cc1ccccc1)NC(=O)[C@H](CC(N)=O)NC(=O)c1ccc2ccccc2n1)(CNC(=O)NN)CC1CCCCC1. The maximum absolute atomic E-state index is 13.7. The lowest BCUT2D eigenvalue weighted by atomic mass is 9.72. The number of rotatable bonds is 16. The summed E-state index contributed by atoms with van der Waals surface area (Å²) in [6.07, 6.45) is 6.56. The molecule has 0 aliphatic heterocycles. The fraction of sp³-hybridized carbons (Fsp3) is 0.472. The number of primary amides is 1. The van der Waals surface area contributed by atoms with Crippen LogP contribution in [0.3, 0.4) is 0 Å². The van der Waals surface area contributed by atoms with Crippen molar-refractivity contribution in [1.82, 2.24) is 26.4 Å². The number of para-hydroxylation sites is 1. The van der Waals surface area contributed by atoms with E-state index >= 15 is 0 Å². The molecule has 0 saturated heterocycles. The highest BCUT2D eigenvalue weighted by molar-refractivity contribution is 5.99. The van der Waals surface area contributed by atoms with Gasteiger partial charge in [0.25, 0.3) is 5.91 Å².